The normalized spacial score (nSPS) is 35.1. The van der Waals surface area contributed by atoms with E-state index in [0.717, 1.165) is 19.3 Å². The Kier molecular flexibility index (Phi) is 1.46. The molecule has 2 fully saturated rings. The highest BCUT2D eigenvalue weighted by Gasteiger charge is 2.46. The number of rotatable bonds is 1. The van der Waals surface area contributed by atoms with Crippen molar-refractivity contribution < 1.29 is 9.82 Å². The predicted octanol–water partition coefficient (Wildman–Crippen LogP) is 0.108. The highest BCUT2D eigenvalue weighted by atomic mass is 16.2. The van der Waals surface area contributed by atoms with Gasteiger partial charge in [0.25, 0.3) is 0 Å². The van der Waals surface area contributed by atoms with E-state index >= 15 is 0 Å². The predicted molar refractivity (Wildman–Crippen MR) is 41.8 cm³/mol. The first-order chi connectivity index (χ1) is 5.20. The van der Waals surface area contributed by atoms with Gasteiger partial charge in [0.1, 0.15) is 0 Å². The zero-order valence-electron chi connectivity index (χ0n) is 6.66. The molecule has 3 nitrogen and oxygen atoms in total. The Morgan fingerprint density at radius 2 is 2.36 bits per heavy atom. The molecule has 0 spiro atoms. The van der Waals surface area contributed by atoms with Crippen molar-refractivity contribution in [3.63, 3.8) is 0 Å². The van der Waals surface area contributed by atoms with Crippen LogP contribution in [0.2, 0.25) is 6.82 Å². The lowest BCUT2D eigenvalue weighted by molar-refractivity contribution is -0.130. The maximum atomic E-state index is 11.4. The molecule has 2 bridgehead atoms. The lowest BCUT2D eigenvalue weighted by Crippen LogP contribution is -2.46. The number of piperidine rings is 1. The van der Waals surface area contributed by atoms with Crippen LogP contribution in [0.4, 0.5) is 0 Å². The Morgan fingerprint density at radius 3 is 2.73 bits per heavy atom. The van der Waals surface area contributed by atoms with Gasteiger partial charge >= 0.3 is 7.05 Å². The molecule has 0 radical (unpaired) electrons. The van der Waals surface area contributed by atoms with Crippen LogP contribution in [0, 0.1) is 5.92 Å². The minimum absolute atomic E-state index is 0.163. The van der Waals surface area contributed by atoms with Crippen LogP contribution < -0.4 is 0 Å². The fourth-order valence-electron chi connectivity index (χ4n) is 2.31. The number of hydrogen-bond donors (Lipinski definition) is 1. The molecule has 60 valence electrons. The highest BCUT2D eigenvalue weighted by molar-refractivity contribution is 6.49. The van der Waals surface area contributed by atoms with Crippen molar-refractivity contribution in [1.82, 2.24) is 4.81 Å². The molecule has 1 aliphatic heterocycles. The van der Waals surface area contributed by atoms with Gasteiger partial charge in [0.05, 0.1) is 0 Å². The molecule has 2 aliphatic rings. The zero-order valence-corrected chi connectivity index (χ0v) is 6.66. The topological polar surface area (TPSA) is 40.5 Å². The van der Waals surface area contributed by atoms with Gasteiger partial charge in [-0.15, -0.1) is 0 Å². The molecule has 11 heavy (non-hydrogen) atoms. The van der Waals surface area contributed by atoms with Crippen LogP contribution in [-0.2, 0) is 4.79 Å². The number of fused-ring (bicyclic) bond motifs is 2. The van der Waals surface area contributed by atoms with Crippen molar-refractivity contribution in [1.29, 1.82) is 0 Å². The molecule has 1 aliphatic carbocycles. The van der Waals surface area contributed by atoms with Crippen LogP contribution in [0.25, 0.3) is 0 Å². The van der Waals surface area contributed by atoms with Crippen molar-refractivity contribution in [3.8, 4) is 0 Å². The molecule has 2 unspecified atom stereocenters. The lowest BCUT2D eigenvalue weighted by Gasteiger charge is -2.27. The molecule has 2 atom stereocenters. The van der Waals surface area contributed by atoms with Crippen molar-refractivity contribution in [2.24, 2.45) is 5.92 Å². The number of hydrogen-bond acceptors (Lipinski definition) is 2. The molecule has 4 heteroatoms. The number of carbonyl (C=O) groups is 1. The van der Waals surface area contributed by atoms with E-state index in [-0.39, 0.29) is 11.8 Å². The summed E-state index contributed by atoms with van der Waals surface area (Å²) >= 11 is 0. The molecule has 0 aromatic heterocycles. The van der Waals surface area contributed by atoms with E-state index in [0.29, 0.717) is 6.04 Å². The third kappa shape index (κ3) is 0.889. The molecule has 1 amide bonds. The van der Waals surface area contributed by atoms with E-state index in [1.54, 1.807) is 11.6 Å². The van der Waals surface area contributed by atoms with E-state index < -0.39 is 7.05 Å². The Bertz CT molecular complexity index is 195. The van der Waals surface area contributed by atoms with Crippen LogP contribution >= 0.6 is 0 Å². The summed E-state index contributed by atoms with van der Waals surface area (Å²) in [4.78, 5) is 13.0. The largest absolute Gasteiger partial charge is 0.432 e. The van der Waals surface area contributed by atoms with Crippen molar-refractivity contribution in [2.45, 2.75) is 32.1 Å². The van der Waals surface area contributed by atoms with Gasteiger partial charge in [-0.05, 0) is 26.1 Å². The van der Waals surface area contributed by atoms with Gasteiger partial charge in [-0.2, -0.15) is 0 Å². The minimum atomic E-state index is -0.585. The first-order valence-electron chi connectivity index (χ1n) is 4.20. The van der Waals surface area contributed by atoms with Crippen molar-refractivity contribution in [2.75, 3.05) is 0 Å². The lowest BCUT2D eigenvalue weighted by atomic mass is 9.82. The number of nitrogens with zero attached hydrogens (tertiary/aromatic N) is 1. The highest BCUT2D eigenvalue weighted by Crippen LogP contribution is 2.38. The standard InChI is InChI=1S/C7H12BNO2/c1-8(11)9-6-3-2-5(4-6)7(9)10/h5-6,11H,2-4H2,1H3. The van der Waals surface area contributed by atoms with Crippen LogP contribution in [0.15, 0.2) is 0 Å². The van der Waals surface area contributed by atoms with Crippen LogP contribution in [0.3, 0.4) is 0 Å². The molecular weight excluding hydrogens is 141 g/mol. The molecule has 1 saturated carbocycles. The average molecular weight is 153 g/mol. The maximum absolute atomic E-state index is 11.4. The minimum Gasteiger partial charge on any atom is -0.432 e. The third-order valence-corrected chi connectivity index (χ3v) is 2.80. The van der Waals surface area contributed by atoms with Gasteiger partial charge in [-0.3, -0.25) is 4.79 Å². The second-order valence-electron chi connectivity index (χ2n) is 3.54. The maximum Gasteiger partial charge on any atom is 0.411 e. The van der Waals surface area contributed by atoms with Gasteiger partial charge in [0.15, 0.2) is 0 Å². The van der Waals surface area contributed by atoms with Crippen LogP contribution in [0.1, 0.15) is 19.3 Å². The van der Waals surface area contributed by atoms with Gasteiger partial charge in [-0.1, -0.05) is 0 Å². The second-order valence-corrected chi connectivity index (χ2v) is 3.54. The van der Waals surface area contributed by atoms with Crippen molar-refractivity contribution in [3.05, 3.63) is 0 Å². The van der Waals surface area contributed by atoms with Crippen molar-refractivity contribution >= 4 is 13.0 Å². The molecule has 1 heterocycles. The van der Waals surface area contributed by atoms with E-state index in [4.69, 9.17) is 0 Å². The Hall–Kier alpha value is -0.505. The van der Waals surface area contributed by atoms with Crippen LogP contribution in [0.5, 0.6) is 0 Å². The first-order valence-corrected chi connectivity index (χ1v) is 4.20. The fourth-order valence-corrected chi connectivity index (χ4v) is 2.31. The summed E-state index contributed by atoms with van der Waals surface area (Å²) in [5.41, 5.74) is 0. The van der Waals surface area contributed by atoms with Gasteiger partial charge in [0, 0.05) is 12.0 Å². The van der Waals surface area contributed by atoms with E-state index in [1.165, 1.54) is 0 Å². The first kappa shape index (κ1) is 7.16. The molecule has 1 N–H and O–H groups in total. The van der Waals surface area contributed by atoms with Gasteiger partial charge in [-0.25, -0.2) is 0 Å². The molecule has 0 aromatic carbocycles. The molecular formula is C7H12BNO2. The summed E-state index contributed by atoms with van der Waals surface area (Å²) in [6.07, 6.45) is 3.10. The Morgan fingerprint density at radius 1 is 1.64 bits per heavy atom. The van der Waals surface area contributed by atoms with Crippen LogP contribution in [-0.4, -0.2) is 28.8 Å². The SMILES string of the molecule is CB(O)N1C(=O)C2CCC1C2. The molecule has 0 aromatic rings. The fraction of sp³-hybridized carbons (Fsp3) is 0.857. The van der Waals surface area contributed by atoms with E-state index in [2.05, 4.69) is 0 Å². The monoisotopic (exact) mass is 153 g/mol. The van der Waals surface area contributed by atoms with E-state index in [1.807, 2.05) is 0 Å². The average Bonchev–Trinajstić information content (AvgIpc) is 2.44. The summed E-state index contributed by atoms with van der Waals surface area (Å²) in [5.74, 6) is 0.394. The summed E-state index contributed by atoms with van der Waals surface area (Å²) < 4.78 is 0. The third-order valence-electron chi connectivity index (χ3n) is 2.80. The Balaban J connectivity index is 2.18. The smallest absolute Gasteiger partial charge is 0.411 e. The molecule has 1 saturated heterocycles. The molecule has 2 rings (SSSR count). The summed E-state index contributed by atoms with van der Waals surface area (Å²) in [7, 11) is -0.585. The van der Waals surface area contributed by atoms with E-state index in [9.17, 15) is 9.82 Å². The second kappa shape index (κ2) is 2.24. The zero-order chi connectivity index (χ0) is 8.01. The van der Waals surface area contributed by atoms with Gasteiger partial charge < -0.3 is 9.83 Å². The number of carbonyl (C=O) groups excluding carboxylic acids is 1. The summed E-state index contributed by atoms with van der Waals surface area (Å²) in [5, 5.41) is 9.25. The summed E-state index contributed by atoms with van der Waals surface area (Å²) in [6.45, 7) is 1.67. The quantitative estimate of drug-likeness (QED) is 0.543. The number of amides is 1. The Labute approximate surface area is 66.5 Å². The van der Waals surface area contributed by atoms with Gasteiger partial charge in [0.2, 0.25) is 5.91 Å². The summed E-state index contributed by atoms with van der Waals surface area (Å²) in [6, 6.07) is 0.340.